The highest BCUT2D eigenvalue weighted by Crippen LogP contribution is 2.33. The fourth-order valence-electron chi connectivity index (χ4n) is 3.08. The molecule has 0 bridgehead atoms. The Morgan fingerprint density at radius 3 is 2.16 bits per heavy atom. The first-order valence-corrected chi connectivity index (χ1v) is 11.0. The first-order valence-electron chi connectivity index (χ1n) is 9.60. The zero-order valence-electron chi connectivity index (χ0n) is 17.9. The molecule has 0 radical (unpaired) electrons. The van der Waals surface area contributed by atoms with E-state index in [1.807, 2.05) is 0 Å². The third-order valence-corrected chi connectivity index (χ3v) is 6.62. The normalized spacial score (nSPS) is 11.0. The highest BCUT2D eigenvalue weighted by Gasteiger charge is 2.31. The van der Waals surface area contributed by atoms with Crippen LogP contribution in [0.1, 0.15) is 0 Å². The van der Waals surface area contributed by atoms with E-state index >= 15 is 0 Å². The molecule has 0 N–H and O–H groups in total. The van der Waals surface area contributed by atoms with Crippen LogP contribution in [0.5, 0.6) is 11.5 Å². The zero-order chi connectivity index (χ0) is 23.3. The van der Waals surface area contributed by atoms with Crippen LogP contribution in [-0.2, 0) is 14.8 Å². The quantitative estimate of drug-likeness (QED) is 0.515. The van der Waals surface area contributed by atoms with E-state index in [1.165, 1.54) is 62.6 Å². The third kappa shape index (κ3) is 4.67. The Balaban J connectivity index is 2.05. The highest BCUT2D eigenvalue weighted by molar-refractivity contribution is 7.92. The molecule has 0 heterocycles. The van der Waals surface area contributed by atoms with Crippen molar-refractivity contribution in [3.05, 3.63) is 78.6 Å². The standard InChI is InChI=1S/C23H23FN2O5S/c1-25(17-9-5-4-6-10-17)23(27)16-26(20-12-8-7-11-19(20)24)32(28,29)18-13-14-21(30-2)22(15-18)31-3/h4-15H,16H2,1-3H3. The second-order valence-corrected chi connectivity index (χ2v) is 8.63. The van der Waals surface area contributed by atoms with E-state index < -0.39 is 28.3 Å². The van der Waals surface area contributed by atoms with Gasteiger partial charge >= 0.3 is 0 Å². The highest BCUT2D eigenvalue weighted by atomic mass is 32.2. The number of hydrogen-bond donors (Lipinski definition) is 0. The number of hydrogen-bond acceptors (Lipinski definition) is 5. The van der Waals surface area contributed by atoms with Gasteiger partial charge in [0.1, 0.15) is 12.4 Å². The number of ether oxygens (including phenoxy) is 2. The maximum atomic E-state index is 14.6. The van der Waals surface area contributed by atoms with Crippen molar-refractivity contribution in [1.29, 1.82) is 0 Å². The summed E-state index contributed by atoms with van der Waals surface area (Å²) in [5, 5.41) is 0. The van der Waals surface area contributed by atoms with Crippen molar-refractivity contribution >= 4 is 27.3 Å². The third-order valence-electron chi connectivity index (χ3n) is 4.86. The van der Waals surface area contributed by atoms with Crippen LogP contribution < -0.4 is 18.7 Å². The van der Waals surface area contributed by atoms with E-state index in [-0.39, 0.29) is 16.3 Å². The molecule has 0 aliphatic heterocycles. The summed E-state index contributed by atoms with van der Waals surface area (Å²) in [6, 6.07) is 18.2. The Kier molecular flexibility index (Phi) is 6.99. The molecule has 0 aliphatic rings. The minimum atomic E-state index is -4.33. The van der Waals surface area contributed by atoms with Crippen LogP contribution in [0, 0.1) is 5.82 Å². The van der Waals surface area contributed by atoms with Gasteiger partial charge in [-0.25, -0.2) is 12.8 Å². The van der Waals surface area contributed by atoms with Crippen LogP contribution >= 0.6 is 0 Å². The van der Waals surface area contributed by atoms with Crippen molar-refractivity contribution < 1.29 is 27.1 Å². The zero-order valence-corrected chi connectivity index (χ0v) is 18.7. The van der Waals surface area contributed by atoms with Crippen LogP contribution in [0.15, 0.2) is 77.7 Å². The first-order chi connectivity index (χ1) is 15.3. The first kappa shape index (κ1) is 23.1. The van der Waals surface area contributed by atoms with Crippen molar-refractivity contribution in [3.63, 3.8) is 0 Å². The van der Waals surface area contributed by atoms with E-state index in [0.717, 1.165) is 10.4 Å². The fraction of sp³-hybridized carbons (Fsp3) is 0.174. The van der Waals surface area contributed by atoms with E-state index in [4.69, 9.17) is 9.47 Å². The number of halogens is 1. The Labute approximate surface area is 186 Å². The average Bonchev–Trinajstić information content (AvgIpc) is 2.82. The van der Waals surface area contributed by atoms with Gasteiger partial charge in [-0.1, -0.05) is 30.3 Å². The number of rotatable bonds is 8. The van der Waals surface area contributed by atoms with Crippen LogP contribution in [0.2, 0.25) is 0 Å². The monoisotopic (exact) mass is 458 g/mol. The molecule has 0 saturated heterocycles. The lowest BCUT2D eigenvalue weighted by atomic mass is 10.3. The summed E-state index contributed by atoms with van der Waals surface area (Å²) in [7, 11) is -0.00412. The van der Waals surface area contributed by atoms with Crippen molar-refractivity contribution in [3.8, 4) is 11.5 Å². The van der Waals surface area contributed by atoms with Gasteiger partial charge in [-0.3, -0.25) is 9.10 Å². The predicted octanol–water partition coefficient (Wildman–Crippen LogP) is 3.70. The van der Waals surface area contributed by atoms with Crippen LogP contribution in [-0.4, -0.2) is 42.1 Å². The molecule has 1 amide bonds. The summed E-state index contributed by atoms with van der Waals surface area (Å²) < 4.78 is 52.8. The Morgan fingerprint density at radius 2 is 1.53 bits per heavy atom. The summed E-state index contributed by atoms with van der Waals surface area (Å²) >= 11 is 0. The lowest BCUT2D eigenvalue weighted by molar-refractivity contribution is -0.116. The number of likely N-dealkylation sites (N-methyl/N-ethyl adjacent to an activating group) is 1. The van der Waals surface area contributed by atoms with Gasteiger partial charge in [-0.2, -0.15) is 0 Å². The lowest BCUT2D eigenvalue weighted by Gasteiger charge is -2.27. The van der Waals surface area contributed by atoms with Gasteiger partial charge in [-0.05, 0) is 36.4 Å². The second kappa shape index (κ2) is 9.69. The molecule has 0 unspecified atom stereocenters. The summed E-state index contributed by atoms with van der Waals surface area (Å²) in [6.45, 7) is -0.608. The summed E-state index contributed by atoms with van der Waals surface area (Å²) in [5.74, 6) is -0.784. The largest absolute Gasteiger partial charge is 0.493 e. The molecular formula is C23H23FN2O5S. The SMILES string of the molecule is COc1ccc(S(=O)(=O)N(CC(=O)N(C)c2ccccc2)c2ccccc2F)cc1OC. The molecule has 3 aromatic carbocycles. The van der Waals surface area contributed by atoms with Crippen molar-refractivity contribution in [2.45, 2.75) is 4.90 Å². The Hall–Kier alpha value is -3.59. The number of para-hydroxylation sites is 2. The summed E-state index contributed by atoms with van der Waals surface area (Å²) in [5.41, 5.74) is 0.339. The van der Waals surface area contributed by atoms with Crippen molar-refractivity contribution in [2.75, 3.05) is 37.0 Å². The van der Waals surface area contributed by atoms with Gasteiger partial charge in [0.25, 0.3) is 10.0 Å². The Morgan fingerprint density at radius 1 is 0.906 bits per heavy atom. The van der Waals surface area contributed by atoms with Gasteiger partial charge < -0.3 is 14.4 Å². The number of methoxy groups -OCH3 is 2. The van der Waals surface area contributed by atoms with Crippen LogP contribution in [0.3, 0.4) is 0 Å². The maximum Gasteiger partial charge on any atom is 0.265 e. The molecule has 0 spiro atoms. The van der Waals surface area contributed by atoms with Gasteiger partial charge in [0.2, 0.25) is 5.91 Å². The molecule has 32 heavy (non-hydrogen) atoms. The number of anilines is 2. The molecule has 9 heteroatoms. The fourth-order valence-corrected chi connectivity index (χ4v) is 4.52. The van der Waals surface area contributed by atoms with Gasteiger partial charge in [0.05, 0.1) is 24.8 Å². The minimum absolute atomic E-state index is 0.173. The smallest absolute Gasteiger partial charge is 0.265 e. The molecule has 0 saturated carbocycles. The number of amides is 1. The molecule has 3 rings (SSSR count). The topological polar surface area (TPSA) is 76.2 Å². The van der Waals surface area contributed by atoms with E-state index in [0.29, 0.717) is 11.4 Å². The number of nitrogens with zero attached hydrogens (tertiary/aromatic N) is 2. The minimum Gasteiger partial charge on any atom is -0.493 e. The number of carbonyl (C=O) groups excluding carboxylic acids is 1. The molecular weight excluding hydrogens is 435 g/mol. The molecule has 3 aromatic rings. The summed E-state index contributed by atoms with van der Waals surface area (Å²) in [6.07, 6.45) is 0. The van der Waals surface area contributed by atoms with Gasteiger partial charge in [0.15, 0.2) is 11.5 Å². The average molecular weight is 459 g/mol. The maximum absolute atomic E-state index is 14.6. The van der Waals surface area contributed by atoms with Crippen LogP contribution in [0.25, 0.3) is 0 Å². The van der Waals surface area contributed by atoms with Gasteiger partial charge in [0, 0.05) is 18.8 Å². The van der Waals surface area contributed by atoms with E-state index in [1.54, 1.807) is 30.3 Å². The van der Waals surface area contributed by atoms with Gasteiger partial charge in [-0.15, -0.1) is 0 Å². The summed E-state index contributed by atoms with van der Waals surface area (Å²) in [4.78, 5) is 14.1. The molecule has 168 valence electrons. The van der Waals surface area contributed by atoms with E-state index in [9.17, 15) is 17.6 Å². The predicted molar refractivity (Wildman–Crippen MR) is 120 cm³/mol. The van der Waals surface area contributed by atoms with Crippen LogP contribution in [0.4, 0.5) is 15.8 Å². The molecule has 0 aromatic heterocycles. The molecule has 0 atom stereocenters. The van der Waals surface area contributed by atoms with Crippen molar-refractivity contribution in [1.82, 2.24) is 0 Å². The number of carbonyl (C=O) groups is 1. The second-order valence-electron chi connectivity index (χ2n) is 6.77. The Bertz CT molecular complexity index is 1200. The number of sulfonamides is 1. The lowest BCUT2D eigenvalue weighted by Crippen LogP contribution is -2.42. The molecule has 7 nitrogen and oxygen atoms in total. The number of benzene rings is 3. The van der Waals surface area contributed by atoms with Crippen molar-refractivity contribution in [2.24, 2.45) is 0 Å². The van der Waals surface area contributed by atoms with E-state index in [2.05, 4.69) is 0 Å². The molecule has 0 fully saturated rings. The molecule has 0 aliphatic carbocycles.